The second-order valence-electron chi connectivity index (χ2n) is 4.26. The zero-order chi connectivity index (χ0) is 12.5. The lowest BCUT2D eigenvalue weighted by Crippen LogP contribution is -2.24. The minimum atomic E-state index is 0.173. The van der Waals surface area contributed by atoms with Gasteiger partial charge in [-0.2, -0.15) is 0 Å². The molecule has 1 aliphatic heterocycles. The molecule has 3 heterocycles. The lowest BCUT2D eigenvalue weighted by Gasteiger charge is -2.25. The van der Waals surface area contributed by atoms with E-state index in [0.29, 0.717) is 16.7 Å². The molecule has 1 atom stereocenters. The average molecular weight is 265 g/mol. The molecule has 0 amide bonds. The van der Waals surface area contributed by atoms with E-state index in [-0.39, 0.29) is 6.04 Å². The molecule has 3 rings (SSSR count). The van der Waals surface area contributed by atoms with Crippen molar-refractivity contribution in [2.75, 3.05) is 17.2 Å². The van der Waals surface area contributed by atoms with Crippen LogP contribution in [0, 0.1) is 0 Å². The highest BCUT2D eigenvalue weighted by Gasteiger charge is 2.30. The van der Waals surface area contributed by atoms with Crippen LogP contribution in [0.3, 0.4) is 0 Å². The van der Waals surface area contributed by atoms with Crippen LogP contribution >= 0.6 is 11.6 Å². The van der Waals surface area contributed by atoms with Gasteiger partial charge in [0.25, 0.3) is 0 Å². The van der Waals surface area contributed by atoms with Crippen molar-refractivity contribution < 1.29 is 4.42 Å². The predicted octanol–water partition coefficient (Wildman–Crippen LogP) is 2.65. The van der Waals surface area contributed by atoms with Gasteiger partial charge in [0.05, 0.1) is 12.3 Å². The van der Waals surface area contributed by atoms with Crippen LogP contribution in [0.4, 0.5) is 11.6 Å². The fourth-order valence-electron chi connectivity index (χ4n) is 2.37. The molecule has 0 aliphatic carbocycles. The third kappa shape index (κ3) is 1.80. The van der Waals surface area contributed by atoms with Gasteiger partial charge in [0, 0.05) is 6.54 Å². The average Bonchev–Trinajstić information content (AvgIpc) is 3.01. The van der Waals surface area contributed by atoms with Crippen LogP contribution in [0.1, 0.15) is 24.6 Å². The topological polar surface area (TPSA) is 68.2 Å². The van der Waals surface area contributed by atoms with Crippen molar-refractivity contribution in [2.45, 2.75) is 18.9 Å². The Morgan fingerprint density at radius 2 is 2.33 bits per heavy atom. The summed E-state index contributed by atoms with van der Waals surface area (Å²) in [5, 5.41) is 0.413. The summed E-state index contributed by atoms with van der Waals surface area (Å²) in [6.07, 6.45) is 5.22. The number of anilines is 2. The first-order valence-electron chi connectivity index (χ1n) is 5.83. The Hall–Kier alpha value is -1.75. The molecule has 6 heteroatoms. The molecule has 0 saturated carbocycles. The fraction of sp³-hybridized carbons (Fsp3) is 0.333. The standard InChI is InChI=1S/C12H13ClN4O/c13-10-11(14)15-7-16-12(10)17-5-1-3-8(17)9-4-2-6-18-9/h2,4,6-8H,1,3,5H2,(H2,14,15,16). The second-order valence-corrected chi connectivity index (χ2v) is 4.64. The minimum absolute atomic E-state index is 0.173. The fourth-order valence-corrected chi connectivity index (χ4v) is 2.58. The van der Waals surface area contributed by atoms with Crippen molar-refractivity contribution in [3.8, 4) is 0 Å². The molecule has 1 unspecified atom stereocenters. The van der Waals surface area contributed by atoms with Crippen molar-refractivity contribution in [1.82, 2.24) is 9.97 Å². The van der Waals surface area contributed by atoms with Gasteiger partial charge in [0.1, 0.15) is 22.9 Å². The molecule has 2 aromatic heterocycles. The van der Waals surface area contributed by atoms with E-state index >= 15 is 0 Å². The zero-order valence-corrected chi connectivity index (χ0v) is 10.5. The summed E-state index contributed by atoms with van der Waals surface area (Å²) in [4.78, 5) is 10.2. The number of nitrogens with zero attached hydrogens (tertiary/aromatic N) is 3. The molecule has 5 nitrogen and oxygen atoms in total. The Balaban J connectivity index is 1.98. The molecule has 1 aliphatic rings. The zero-order valence-electron chi connectivity index (χ0n) is 9.71. The molecule has 2 aromatic rings. The lowest BCUT2D eigenvalue weighted by atomic mass is 10.1. The molecule has 1 fully saturated rings. The highest BCUT2D eigenvalue weighted by Crippen LogP contribution is 2.39. The third-order valence-electron chi connectivity index (χ3n) is 3.19. The minimum Gasteiger partial charge on any atom is -0.467 e. The Morgan fingerprint density at radius 1 is 1.44 bits per heavy atom. The van der Waals surface area contributed by atoms with Gasteiger partial charge >= 0.3 is 0 Å². The van der Waals surface area contributed by atoms with Crippen molar-refractivity contribution in [1.29, 1.82) is 0 Å². The van der Waals surface area contributed by atoms with Crippen LogP contribution in [0.2, 0.25) is 5.02 Å². The van der Waals surface area contributed by atoms with Crippen molar-refractivity contribution in [2.24, 2.45) is 0 Å². The summed E-state index contributed by atoms with van der Waals surface area (Å²) in [6.45, 7) is 0.890. The summed E-state index contributed by atoms with van der Waals surface area (Å²) in [5.41, 5.74) is 5.72. The Kier molecular flexibility index (Phi) is 2.83. The number of hydrogen-bond donors (Lipinski definition) is 1. The molecule has 0 bridgehead atoms. The predicted molar refractivity (Wildman–Crippen MR) is 69.5 cm³/mol. The third-order valence-corrected chi connectivity index (χ3v) is 3.56. The number of furan rings is 1. The Labute approximate surface area is 110 Å². The molecule has 2 N–H and O–H groups in total. The first kappa shape index (κ1) is 11.3. The highest BCUT2D eigenvalue weighted by molar-refractivity contribution is 6.35. The summed E-state index contributed by atoms with van der Waals surface area (Å²) in [5.74, 6) is 1.93. The molecule has 0 spiro atoms. The monoisotopic (exact) mass is 264 g/mol. The van der Waals surface area contributed by atoms with Crippen LogP contribution in [0.15, 0.2) is 29.1 Å². The molecule has 1 saturated heterocycles. The van der Waals surface area contributed by atoms with Crippen LogP contribution in [-0.2, 0) is 0 Å². The van der Waals surface area contributed by atoms with E-state index in [2.05, 4.69) is 14.9 Å². The molecular formula is C12H13ClN4O. The number of nitrogen functional groups attached to an aromatic ring is 1. The van der Waals surface area contributed by atoms with Gasteiger partial charge in [0.15, 0.2) is 5.82 Å². The van der Waals surface area contributed by atoms with Gasteiger partial charge in [-0.15, -0.1) is 0 Å². The quantitative estimate of drug-likeness (QED) is 0.903. The Morgan fingerprint density at radius 3 is 3.11 bits per heavy atom. The van der Waals surface area contributed by atoms with E-state index < -0.39 is 0 Å². The van der Waals surface area contributed by atoms with E-state index in [1.165, 1.54) is 6.33 Å². The summed E-state index contributed by atoms with van der Waals surface area (Å²) in [6, 6.07) is 4.04. The smallest absolute Gasteiger partial charge is 0.153 e. The van der Waals surface area contributed by atoms with Crippen LogP contribution in [0.25, 0.3) is 0 Å². The summed E-state index contributed by atoms with van der Waals surface area (Å²) >= 11 is 6.18. The maximum atomic E-state index is 6.18. The molecule has 0 radical (unpaired) electrons. The van der Waals surface area contributed by atoms with Crippen LogP contribution in [0.5, 0.6) is 0 Å². The van der Waals surface area contributed by atoms with E-state index in [0.717, 1.165) is 25.1 Å². The van der Waals surface area contributed by atoms with Gasteiger partial charge in [-0.05, 0) is 25.0 Å². The molecule has 18 heavy (non-hydrogen) atoms. The summed E-state index contributed by atoms with van der Waals surface area (Å²) < 4.78 is 5.48. The van der Waals surface area contributed by atoms with Gasteiger partial charge in [0.2, 0.25) is 0 Å². The van der Waals surface area contributed by atoms with Gasteiger partial charge in [-0.1, -0.05) is 11.6 Å². The van der Waals surface area contributed by atoms with Gasteiger partial charge in [-0.3, -0.25) is 0 Å². The summed E-state index contributed by atoms with van der Waals surface area (Å²) in [7, 11) is 0. The number of aromatic nitrogens is 2. The van der Waals surface area contributed by atoms with Gasteiger partial charge < -0.3 is 15.1 Å². The lowest BCUT2D eigenvalue weighted by molar-refractivity contribution is 0.464. The van der Waals surface area contributed by atoms with Crippen LogP contribution in [-0.4, -0.2) is 16.5 Å². The second kappa shape index (κ2) is 4.49. The first-order valence-corrected chi connectivity index (χ1v) is 6.21. The maximum Gasteiger partial charge on any atom is 0.153 e. The van der Waals surface area contributed by atoms with E-state index in [1.54, 1.807) is 6.26 Å². The largest absolute Gasteiger partial charge is 0.467 e. The highest BCUT2D eigenvalue weighted by atomic mass is 35.5. The van der Waals surface area contributed by atoms with E-state index in [4.69, 9.17) is 21.8 Å². The van der Waals surface area contributed by atoms with Crippen molar-refractivity contribution in [3.63, 3.8) is 0 Å². The van der Waals surface area contributed by atoms with E-state index in [1.807, 2.05) is 12.1 Å². The molecule has 94 valence electrons. The molecule has 0 aromatic carbocycles. The molecular weight excluding hydrogens is 252 g/mol. The van der Waals surface area contributed by atoms with Crippen molar-refractivity contribution >= 4 is 23.2 Å². The SMILES string of the molecule is Nc1ncnc(N2CCCC2c2ccco2)c1Cl. The first-order chi connectivity index (χ1) is 8.77. The number of halogens is 1. The normalized spacial score (nSPS) is 19.4. The number of hydrogen-bond acceptors (Lipinski definition) is 5. The maximum absolute atomic E-state index is 6.18. The number of rotatable bonds is 2. The Bertz CT molecular complexity index is 543. The van der Waals surface area contributed by atoms with Crippen LogP contribution < -0.4 is 10.6 Å². The van der Waals surface area contributed by atoms with Gasteiger partial charge in [-0.25, -0.2) is 9.97 Å². The number of nitrogens with two attached hydrogens (primary N) is 1. The van der Waals surface area contributed by atoms with E-state index in [9.17, 15) is 0 Å². The van der Waals surface area contributed by atoms with Crippen molar-refractivity contribution in [3.05, 3.63) is 35.5 Å².